The smallest absolute Gasteiger partial charge is 0.242 e. The van der Waals surface area contributed by atoms with E-state index < -0.39 is 10.0 Å². The highest BCUT2D eigenvalue weighted by molar-refractivity contribution is 7.89. The molecule has 0 spiro atoms. The maximum atomic E-state index is 12.2. The van der Waals surface area contributed by atoms with E-state index in [1.807, 2.05) is 18.4 Å². The summed E-state index contributed by atoms with van der Waals surface area (Å²) in [4.78, 5) is 5.24. The number of sulfonamides is 1. The standard InChI is InChI=1S/C12H18N4O2S2/c1-3-16-8-12(4-10(16)5-13)20(17,18)15-7-11-6-14-9(2)19-11/h4,6,8,15H,3,5,7,13H2,1-2H3. The molecular weight excluding hydrogens is 296 g/mol. The third kappa shape index (κ3) is 3.26. The van der Waals surface area contributed by atoms with E-state index in [0.717, 1.165) is 15.6 Å². The summed E-state index contributed by atoms with van der Waals surface area (Å²) in [5.74, 6) is 0. The number of thiazole rings is 1. The molecule has 2 aromatic rings. The lowest BCUT2D eigenvalue weighted by molar-refractivity contribution is 0.581. The molecule has 2 aromatic heterocycles. The lowest BCUT2D eigenvalue weighted by atomic mass is 10.4. The van der Waals surface area contributed by atoms with Gasteiger partial charge in [-0.05, 0) is 19.9 Å². The van der Waals surface area contributed by atoms with Crippen LogP contribution in [-0.2, 0) is 29.7 Å². The Labute approximate surface area is 122 Å². The number of hydrogen-bond acceptors (Lipinski definition) is 5. The molecule has 3 N–H and O–H groups in total. The molecule has 0 saturated heterocycles. The van der Waals surface area contributed by atoms with Crippen molar-refractivity contribution < 1.29 is 8.42 Å². The number of nitrogens with zero attached hydrogens (tertiary/aromatic N) is 2. The maximum absolute atomic E-state index is 12.2. The predicted octanol–water partition coefficient (Wildman–Crippen LogP) is 1.21. The fraction of sp³-hybridized carbons (Fsp3) is 0.417. The molecule has 0 saturated carbocycles. The Morgan fingerprint density at radius 1 is 1.50 bits per heavy atom. The third-order valence-electron chi connectivity index (χ3n) is 2.93. The average molecular weight is 314 g/mol. The monoisotopic (exact) mass is 314 g/mol. The highest BCUT2D eigenvalue weighted by atomic mass is 32.2. The second kappa shape index (κ2) is 6.04. The zero-order valence-electron chi connectivity index (χ0n) is 11.5. The minimum absolute atomic E-state index is 0.251. The molecular formula is C12H18N4O2S2. The lowest BCUT2D eigenvalue weighted by Crippen LogP contribution is -2.22. The van der Waals surface area contributed by atoms with Crippen LogP contribution in [0.3, 0.4) is 0 Å². The maximum Gasteiger partial charge on any atom is 0.242 e. The summed E-state index contributed by atoms with van der Waals surface area (Å²) in [6.07, 6.45) is 3.30. The van der Waals surface area contributed by atoms with Crippen molar-refractivity contribution in [1.29, 1.82) is 0 Å². The first-order valence-electron chi connectivity index (χ1n) is 6.26. The normalized spacial score (nSPS) is 11.9. The van der Waals surface area contributed by atoms with Crippen LogP contribution in [0.15, 0.2) is 23.4 Å². The van der Waals surface area contributed by atoms with Crippen molar-refractivity contribution in [1.82, 2.24) is 14.3 Å². The van der Waals surface area contributed by atoms with Crippen LogP contribution in [0, 0.1) is 6.92 Å². The molecule has 0 unspecified atom stereocenters. The Morgan fingerprint density at radius 2 is 2.25 bits per heavy atom. The van der Waals surface area contributed by atoms with Gasteiger partial charge >= 0.3 is 0 Å². The molecule has 8 heteroatoms. The summed E-state index contributed by atoms with van der Waals surface area (Å²) in [7, 11) is -3.52. The van der Waals surface area contributed by atoms with Crippen LogP contribution in [0.4, 0.5) is 0 Å². The van der Waals surface area contributed by atoms with E-state index in [-0.39, 0.29) is 11.4 Å². The molecule has 0 aliphatic carbocycles. The third-order valence-corrected chi connectivity index (χ3v) is 5.21. The van der Waals surface area contributed by atoms with E-state index in [2.05, 4.69) is 9.71 Å². The fourth-order valence-corrected chi connectivity index (χ4v) is 3.77. The van der Waals surface area contributed by atoms with Crippen molar-refractivity contribution in [2.45, 2.75) is 38.4 Å². The topological polar surface area (TPSA) is 90.0 Å². The number of nitrogens with two attached hydrogens (primary N) is 1. The summed E-state index contributed by atoms with van der Waals surface area (Å²) in [5, 5.41) is 0.918. The molecule has 0 atom stereocenters. The van der Waals surface area contributed by atoms with Gasteiger partial charge in [0.15, 0.2) is 0 Å². The zero-order valence-corrected chi connectivity index (χ0v) is 13.1. The number of aryl methyl sites for hydroxylation is 2. The van der Waals surface area contributed by atoms with Crippen LogP contribution >= 0.6 is 11.3 Å². The molecule has 0 aromatic carbocycles. The molecule has 0 amide bonds. The van der Waals surface area contributed by atoms with Crippen molar-refractivity contribution >= 4 is 21.4 Å². The molecule has 0 bridgehead atoms. The zero-order chi connectivity index (χ0) is 14.8. The second-order valence-corrected chi connectivity index (χ2v) is 7.41. The van der Waals surface area contributed by atoms with Crippen LogP contribution in [0.2, 0.25) is 0 Å². The van der Waals surface area contributed by atoms with Gasteiger partial charge in [-0.15, -0.1) is 11.3 Å². The Hall–Kier alpha value is -1.22. The van der Waals surface area contributed by atoms with Crippen LogP contribution in [0.25, 0.3) is 0 Å². The van der Waals surface area contributed by atoms with Gasteiger partial charge in [0, 0.05) is 42.6 Å². The molecule has 6 nitrogen and oxygen atoms in total. The predicted molar refractivity (Wildman–Crippen MR) is 78.9 cm³/mol. The number of rotatable bonds is 6. The summed E-state index contributed by atoms with van der Waals surface area (Å²) in [5.41, 5.74) is 6.41. The highest BCUT2D eigenvalue weighted by Gasteiger charge is 2.17. The Kier molecular flexibility index (Phi) is 4.59. The van der Waals surface area contributed by atoms with Gasteiger partial charge in [-0.2, -0.15) is 0 Å². The molecule has 20 heavy (non-hydrogen) atoms. The van der Waals surface area contributed by atoms with Gasteiger partial charge < -0.3 is 10.3 Å². The van der Waals surface area contributed by atoms with Crippen LogP contribution < -0.4 is 10.5 Å². The SMILES string of the molecule is CCn1cc(S(=O)(=O)NCc2cnc(C)s2)cc1CN. The average Bonchev–Trinajstić information content (AvgIpc) is 3.02. The summed E-state index contributed by atoms with van der Waals surface area (Å²) in [6, 6.07) is 1.61. The Morgan fingerprint density at radius 3 is 2.75 bits per heavy atom. The van der Waals surface area contributed by atoms with Crippen LogP contribution in [0.1, 0.15) is 22.5 Å². The van der Waals surface area contributed by atoms with Crippen molar-refractivity contribution in [3.05, 3.63) is 34.0 Å². The summed E-state index contributed by atoms with van der Waals surface area (Å²) < 4.78 is 28.9. The molecule has 110 valence electrons. The van der Waals surface area contributed by atoms with Crippen molar-refractivity contribution in [2.24, 2.45) is 5.73 Å². The van der Waals surface area contributed by atoms with Crippen LogP contribution in [0.5, 0.6) is 0 Å². The second-order valence-electron chi connectivity index (χ2n) is 4.33. The van der Waals surface area contributed by atoms with Crippen molar-refractivity contribution in [2.75, 3.05) is 0 Å². The van der Waals surface area contributed by atoms with Gasteiger partial charge in [0.2, 0.25) is 10.0 Å². The summed E-state index contributed by atoms with van der Waals surface area (Å²) in [6.45, 7) is 5.09. The van der Waals surface area contributed by atoms with E-state index in [9.17, 15) is 8.42 Å². The van der Waals surface area contributed by atoms with Gasteiger partial charge in [-0.25, -0.2) is 18.1 Å². The van der Waals surface area contributed by atoms with Crippen molar-refractivity contribution in [3.8, 4) is 0 Å². The van der Waals surface area contributed by atoms with Crippen molar-refractivity contribution in [3.63, 3.8) is 0 Å². The summed E-state index contributed by atoms with van der Waals surface area (Å²) >= 11 is 1.48. The lowest BCUT2D eigenvalue weighted by Gasteiger charge is -2.03. The number of nitrogens with one attached hydrogen (secondary N) is 1. The number of aromatic nitrogens is 2. The van der Waals surface area contributed by atoms with Gasteiger partial charge in [0.25, 0.3) is 0 Å². The Balaban J connectivity index is 2.15. The number of hydrogen-bond donors (Lipinski definition) is 2. The largest absolute Gasteiger partial charge is 0.349 e. The van der Waals surface area contributed by atoms with Crippen LogP contribution in [-0.4, -0.2) is 18.0 Å². The van der Waals surface area contributed by atoms with E-state index in [4.69, 9.17) is 5.73 Å². The van der Waals surface area contributed by atoms with Gasteiger partial charge in [0.1, 0.15) is 0 Å². The minimum atomic E-state index is -3.52. The fourth-order valence-electron chi connectivity index (χ4n) is 1.87. The minimum Gasteiger partial charge on any atom is -0.349 e. The molecule has 0 radical (unpaired) electrons. The first-order valence-corrected chi connectivity index (χ1v) is 8.56. The molecule has 2 rings (SSSR count). The molecule has 0 fully saturated rings. The van der Waals surface area contributed by atoms with E-state index in [1.54, 1.807) is 18.5 Å². The van der Waals surface area contributed by atoms with E-state index in [1.165, 1.54) is 11.3 Å². The first-order chi connectivity index (χ1) is 9.46. The highest BCUT2D eigenvalue weighted by Crippen LogP contribution is 2.16. The molecule has 0 aliphatic heterocycles. The quantitative estimate of drug-likeness (QED) is 0.838. The van der Waals surface area contributed by atoms with E-state index in [0.29, 0.717) is 13.1 Å². The first kappa shape index (κ1) is 15.2. The van der Waals surface area contributed by atoms with Gasteiger partial charge in [-0.1, -0.05) is 0 Å². The molecule has 2 heterocycles. The van der Waals surface area contributed by atoms with E-state index >= 15 is 0 Å². The van der Waals surface area contributed by atoms with Gasteiger partial charge in [-0.3, -0.25) is 0 Å². The van der Waals surface area contributed by atoms with Gasteiger partial charge in [0.05, 0.1) is 9.90 Å². The molecule has 0 aliphatic rings. The Bertz CT molecular complexity index is 667.